The second-order valence-corrected chi connectivity index (χ2v) is 8.06. The molecule has 2 heterocycles. The van der Waals surface area contributed by atoms with Gasteiger partial charge in [0.15, 0.2) is 16.7 Å². The van der Waals surface area contributed by atoms with Gasteiger partial charge in [-0.1, -0.05) is 55.5 Å². The Morgan fingerprint density at radius 3 is 2.75 bits per heavy atom. The molecule has 0 aliphatic carbocycles. The van der Waals surface area contributed by atoms with Gasteiger partial charge in [0, 0.05) is 11.6 Å². The predicted molar refractivity (Wildman–Crippen MR) is 125 cm³/mol. The molecule has 1 aliphatic heterocycles. The minimum atomic E-state index is -0.813. The highest BCUT2D eigenvalue weighted by Crippen LogP contribution is 2.42. The zero-order valence-corrected chi connectivity index (χ0v) is 18.3. The number of hydrogen-bond acceptors (Lipinski definition) is 6. The van der Waals surface area contributed by atoms with E-state index in [1.54, 1.807) is 23.7 Å². The Kier molecular flexibility index (Phi) is 6.47. The number of thiazole rings is 1. The number of carbonyl (C=O) groups excluding carboxylic acids is 2. The molecule has 0 saturated carbocycles. The summed E-state index contributed by atoms with van der Waals surface area (Å²) >= 11 is 1.26. The fourth-order valence-electron chi connectivity index (χ4n) is 3.52. The van der Waals surface area contributed by atoms with Crippen LogP contribution in [0.5, 0.6) is 5.75 Å². The number of rotatable bonds is 8. The van der Waals surface area contributed by atoms with Crippen LogP contribution >= 0.6 is 11.3 Å². The van der Waals surface area contributed by atoms with E-state index in [1.165, 1.54) is 22.3 Å². The maximum absolute atomic E-state index is 13.2. The van der Waals surface area contributed by atoms with E-state index in [1.807, 2.05) is 55.5 Å². The summed E-state index contributed by atoms with van der Waals surface area (Å²) in [7, 11) is 0. The monoisotopic (exact) mass is 446 g/mol. The van der Waals surface area contributed by atoms with Crippen molar-refractivity contribution in [2.45, 2.75) is 19.4 Å². The van der Waals surface area contributed by atoms with Crippen LogP contribution in [0.1, 0.15) is 30.5 Å². The molecule has 162 valence electrons. The largest absolute Gasteiger partial charge is 0.503 e. The molecule has 1 atom stereocenters. The molecule has 1 unspecified atom stereocenters. The number of allylic oxidation sites excluding steroid dienone is 1. The summed E-state index contributed by atoms with van der Waals surface area (Å²) in [5.74, 6) is -1.02. The fourth-order valence-corrected chi connectivity index (χ4v) is 4.19. The van der Waals surface area contributed by atoms with Crippen molar-refractivity contribution < 1.29 is 19.4 Å². The van der Waals surface area contributed by atoms with Crippen molar-refractivity contribution in [3.8, 4) is 5.75 Å². The molecular weight excluding hydrogens is 424 g/mol. The fraction of sp³-hybridized carbons (Fsp3) is 0.160. The number of benzene rings is 2. The molecule has 1 aromatic heterocycles. The summed E-state index contributed by atoms with van der Waals surface area (Å²) in [4.78, 5) is 31.8. The van der Waals surface area contributed by atoms with Gasteiger partial charge < -0.3 is 9.84 Å². The molecule has 1 N–H and O–H groups in total. The molecule has 1 aliphatic rings. The first-order valence-corrected chi connectivity index (χ1v) is 11.1. The number of anilines is 1. The lowest BCUT2D eigenvalue weighted by Crippen LogP contribution is -2.30. The number of ether oxygens (including phenoxy) is 1. The summed E-state index contributed by atoms with van der Waals surface area (Å²) in [6, 6.07) is 15.8. The van der Waals surface area contributed by atoms with Gasteiger partial charge in [-0.05, 0) is 35.8 Å². The van der Waals surface area contributed by atoms with E-state index in [2.05, 4.69) is 4.98 Å². The highest BCUT2D eigenvalue weighted by molar-refractivity contribution is 7.13. The van der Waals surface area contributed by atoms with Crippen molar-refractivity contribution >= 4 is 34.2 Å². The minimum absolute atomic E-state index is 0.0185. The Labute approximate surface area is 190 Å². The number of amides is 1. The number of nitrogens with zero attached hydrogens (tertiary/aromatic N) is 2. The van der Waals surface area contributed by atoms with Gasteiger partial charge in [0.25, 0.3) is 5.91 Å². The van der Waals surface area contributed by atoms with Gasteiger partial charge in [0.05, 0.1) is 18.2 Å². The van der Waals surface area contributed by atoms with E-state index in [4.69, 9.17) is 4.74 Å². The van der Waals surface area contributed by atoms with E-state index in [-0.39, 0.29) is 5.57 Å². The molecule has 0 bridgehead atoms. The van der Waals surface area contributed by atoms with Crippen LogP contribution in [-0.4, -0.2) is 28.4 Å². The first-order chi connectivity index (χ1) is 15.6. The van der Waals surface area contributed by atoms with Crippen molar-refractivity contribution in [2.24, 2.45) is 0 Å². The molecule has 1 amide bonds. The molecule has 4 rings (SSSR count). The van der Waals surface area contributed by atoms with E-state index in [9.17, 15) is 14.7 Å². The van der Waals surface area contributed by atoms with Crippen LogP contribution in [0.2, 0.25) is 0 Å². The van der Waals surface area contributed by atoms with Crippen molar-refractivity contribution in [2.75, 3.05) is 11.5 Å². The number of ketones is 1. The predicted octanol–water partition coefficient (Wildman–Crippen LogP) is 5.11. The number of carbonyl (C=O) groups is 2. The smallest absolute Gasteiger partial charge is 0.296 e. The Hall–Kier alpha value is -3.71. The number of aliphatic hydroxyl groups is 1. The summed E-state index contributed by atoms with van der Waals surface area (Å²) in [5, 5.41) is 12.9. The van der Waals surface area contributed by atoms with E-state index < -0.39 is 23.5 Å². The van der Waals surface area contributed by atoms with Crippen molar-refractivity contribution in [3.05, 3.63) is 94.7 Å². The Bertz CT molecular complexity index is 1170. The van der Waals surface area contributed by atoms with Crippen LogP contribution in [0.4, 0.5) is 5.13 Å². The summed E-state index contributed by atoms with van der Waals surface area (Å²) in [6.07, 6.45) is 5.48. The lowest BCUT2D eigenvalue weighted by atomic mass is 9.95. The second-order valence-electron chi connectivity index (χ2n) is 7.18. The average molecular weight is 447 g/mol. The van der Waals surface area contributed by atoms with Gasteiger partial charge in [-0.2, -0.15) is 0 Å². The minimum Gasteiger partial charge on any atom is -0.503 e. The van der Waals surface area contributed by atoms with Crippen LogP contribution in [0.15, 0.2) is 83.6 Å². The maximum atomic E-state index is 13.2. The first-order valence-electron chi connectivity index (χ1n) is 10.3. The average Bonchev–Trinajstić information content (AvgIpc) is 3.44. The standard InChI is InChI=1S/C25H22N2O4S/c1-2-14-31-19-10-6-9-18(16-19)22-21(20(28)12-11-17-7-4-3-5-8-17)23(29)24(30)27(22)25-26-13-15-32-25/h3-13,15-16,22,29H,2,14H2,1H3/b12-11+. The zero-order chi connectivity index (χ0) is 22.5. The molecule has 32 heavy (non-hydrogen) atoms. The lowest BCUT2D eigenvalue weighted by molar-refractivity contribution is -0.117. The summed E-state index contributed by atoms with van der Waals surface area (Å²) in [6.45, 7) is 2.57. The van der Waals surface area contributed by atoms with Gasteiger partial charge in [-0.3, -0.25) is 14.5 Å². The Morgan fingerprint density at radius 1 is 1.22 bits per heavy atom. The van der Waals surface area contributed by atoms with Gasteiger partial charge >= 0.3 is 0 Å². The van der Waals surface area contributed by atoms with Crippen molar-refractivity contribution in [1.82, 2.24) is 4.98 Å². The number of hydrogen-bond donors (Lipinski definition) is 1. The molecule has 0 saturated heterocycles. The normalized spacial score (nSPS) is 16.2. The first kappa shape index (κ1) is 21.5. The SMILES string of the molecule is CCCOc1cccc(C2C(C(=O)/C=C/c3ccccc3)=C(O)C(=O)N2c2nccs2)c1. The third-order valence-corrected chi connectivity index (χ3v) is 5.74. The van der Waals surface area contributed by atoms with Crippen LogP contribution in [-0.2, 0) is 9.59 Å². The number of aromatic nitrogens is 1. The molecule has 0 spiro atoms. The quantitative estimate of drug-likeness (QED) is 0.486. The van der Waals surface area contributed by atoms with Crippen LogP contribution in [0.25, 0.3) is 6.08 Å². The van der Waals surface area contributed by atoms with E-state index in [0.717, 1.165) is 12.0 Å². The Balaban J connectivity index is 1.75. The third kappa shape index (κ3) is 4.33. The van der Waals surface area contributed by atoms with Gasteiger partial charge in [-0.25, -0.2) is 4.98 Å². The van der Waals surface area contributed by atoms with Crippen molar-refractivity contribution in [3.63, 3.8) is 0 Å². The van der Waals surface area contributed by atoms with E-state index in [0.29, 0.717) is 23.1 Å². The topological polar surface area (TPSA) is 79.7 Å². The molecule has 3 aromatic rings. The van der Waals surface area contributed by atoms with Crippen LogP contribution in [0, 0.1) is 0 Å². The zero-order valence-electron chi connectivity index (χ0n) is 17.5. The Morgan fingerprint density at radius 2 is 2.03 bits per heavy atom. The van der Waals surface area contributed by atoms with E-state index >= 15 is 0 Å². The maximum Gasteiger partial charge on any atom is 0.296 e. The van der Waals surface area contributed by atoms with Gasteiger partial charge in [0.2, 0.25) is 0 Å². The highest BCUT2D eigenvalue weighted by Gasteiger charge is 2.44. The molecule has 7 heteroatoms. The molecule has 0 radical (unpaired) electrons. The summed E-state index contributed by atoms with van der Waals surface area (Å²) < 4.78 is 5.74. The van der Waals surface area contributed by atoms with Gasteiger partial charge in [-0.15, -0.1) is 11.3 Å². The lowest BCUT2D eigenvalue weighted by Gasteiger charge is -2.24. The van der Waals surface area contributed by atoms with Gasteiger partial charge in [0.1, 0.15) is 5.75 Å². The van der Waals surface area contributed by atoms with Crippen LogP contribution < -0.4 is 9.64 Å². The molecule has 6 nitrogen and oxygen atoms in total. The van der Waals surface area contributed by atoms with Crippen molar-refractivity contribution in [1.29, 1.82) is 0 Å². The highest BCUT2D eigenvalue weighted by atomic mass is 32.1. The molecule has 2 aromatic carbocycles. The number of aliphatic hydroxyl groups excluding tert-OH is 1. The second kappa shape index (κ2) is 9.62. The molecule has 0 fully saturated rings. The summed E-state index contributed by atoms with van der Waals surface area (Å²) in [5.41, 5.74) is 1.52. The third-order valence-electron chi connectivity index (χ3n) is 4.97. The molecular formula is C25H22N2O4S. The van der Waals surface area contributed by atoms with Crippen LogP contribution in [0.3, 0.4) is 0 Å².